The third kappa shape index (κ3) is 6.80. The van der Waals surface area contributed by atoms with Gasteiger partial charge in [-0.15, -0.1) is 0 Å². The van der Waals surface area contributed by atoms with Gasteiger partial charge in [-0.3, -0.25) is 14.9 Å². The summed E-state index contributed by atoms with van der Waals surface area (Å²) in [7, 11) is 0. The molecule has 0 bridgehead atoms. The zero-order chi connectivity index (χ0) is 21.4. The number of carbonyl (C=O) groups is 1. The van der Waals surface area contributed by atoms with E-state index in [-0.39, 0.29) is 6.09 Å². The van der Waals surface area contributed by atoms with E-state index in [1.54, 1.807) is 0 Å². The molecular weight excluding hydrogens is 376 g/mol. The standard InChI is InChI=1S/C24H34N4O2/c1-24(2,3)30-23(29)27-15-6-7-17-28(18-20-12-4-5-14-25-20)21-13-8-10-19-11-9-16-26-22(19)21/h4-5,9,11-12,14,16,21H,6-8,10,13,15,17-18H2,1-3H3,(H,27,29). The summed E-state index contributed by atoms with van der Waals surface area (Å²) in [5.41, 5.74) is 3.19. The number of unbranched alkanes of at least 4 members (excludes halogenated alkanes) is 1. The van der Waals surface area contributed by atoms with E-state index in [0.29, 0.717) is 12.6 Å². The molecule has 0 aliphatic heterocycles. The van der Waals surface area contributed by atoms with Gasteiger partial charge in [-0.05, 0) is 83.2 Å². The molecule has 0 radical (unpaired) electrons. The Morgan fingerprint density at radius 2 is 2.00 bits per heavy atom. The van der Waals surface area contributed by atoms with E-state index in [0.717, 1.165) is 44.5 Å². The van der Waals surface area contributed by atoms with Crippen molar-refractivity contribution in [2.75, 3.05) is 13.1 Å². The van der Waals surface area contributed by atoms with Gasteiger partial charge in [-0.25, -0.2) is 4.79 Å². The zero-order valence-electron chi connectivity index (χ0n) is 18.4. The lowest BCUT2D eigenvalue weighted by atomic mass is 9.90. The summed E-state index contributed by atoms with van der Waals surface area (Å²) < 4.78 is 5.30. The summed E-state index contributed by atoms with van der Waals surface area (Å²) in [5.74, 6) is 0. The molecule has 0 saturated heterocycles. The lowest BCUT2D eigenvalue weighted by molar-refractivity contribution is 0.0526. The van der Waals surface area contributed by atoms with E-state index >= 15 is 0 Å². The van der Waals surface area contributed by atoms with E-state index < -0.39 is 5.60 Å². The first-order valence-electron chi connectivity index (χ1n) is 11.0. The third-order valence-corrected chi connectivity index (χ3v) is 5.24. The second-order valence-corrected chi connectivity index (χ2v) is 8.88. The van der Waals surface area contributed by atoms with Gasteiger partial charge in [0.25, 0.3) is 0 Å². The van der Waals surface area contributed by atoms with Gasteiger partial charge in [0.2, 0.25) is 0 Å². The molecule has 6 nitrogen and oxygen atoms in total. The van der Waals surface area contributed by atoms with E-state index in [9.17, 15) is 4.79 Å². The Bertz CT molecular complexity index is 804. The number of amides is 1. The largest absolute Gasteiger partial charge is 0.444 e. The second-order valence-electron chi connectivity index (χ2n) is 8.88. The summed E-state index contributed by atoms with van der Waals surface area (Å²) >= 11 is 0. The van der Waals surface area contributed by atoms with E-state index in [4.69, 9.17) is 9.72 Å². The van der Waals surface area contributed by atoms with Crippen LogP contribution in [0.1, 0.15) is 69.4 Å². The molecule has 0 spiro atoms. The van der Waals surface area contributed by atoms with Crippen LogP contribution >= 0.6 is 0 Å². The highest BCUT2D eigenvalue weighted by Gasteiger charge is 2.27. The summed E-state index contributed by atoms with van der Waals surface area (Å²) in [6.45, 7) is 7.98. The van der Waals surface area contributed by atoms with Gasteiger partial charge < -0.3 is 10.1 Å². The van der Waals surface area contributed by atoms with Gasteiger partial charge in [0.15, 0.2) is 0 Å². The fraction of sp³-hybridized carbons (Fsp3) is 0.542. The molecule has 3 rings (SSSR count). The Balaban J connectivity index is 1.58. The van der Waals surface area contributed by atoms with Crippen LogP contribution in [0.2, 0.25) is 0 Å². The Morgan fingerprint density at radius 1 is 1.17 bits per heavy atom. The highest BCUT2D eigenvalue weighted by atomic mass is 16.6. The number of alkyl carbamates (subject to hydrolysis) is 1. The first-order chi connectivity index (χ1) is 14.4. The van der Waals surface area contributed by atoms with Crippen LogP contribution in [0.25, 0.3) is 0 Å². The number of nitrogens with zero attached hydrogens (tertiary/aromatic N) is 3. The van der Waals surface area contributed by atoms with Crippen LogP contribution in [-0.2, 0) is 17.7 Å². The van der Waals surface area contributed by atoms with Gasteiger partial charge in [0.05, 0.1) is 17.4 Å². The molecule has 162 valence electrons. The van der Waals surface area contributed by atoms with E-state index in [2.05, 4.69) is 27.3 Å². The van der Waals surface area contributed by atoms with Crippen molar-refractivity contribution in [1.29, 1.82) is 0 Å². The van der Waals surface area contributed by atoms with Crippen LogP contribution in [-0.4, -0.2) is 39.7 Å². The molecule has 2 heterocycles. The molecule has 0 saturated carbocycles. The molecule has 0 fully saturated rings. The lowest BCUT2D eigenvalue weighted by Gasteiger charge is -2.35. The number of hydrogen-bond acceptors (Lipinski definition) is 5. The van der Waals surface area contributed by atoms with Gasteiger partial charge >= 0.3 is 6.09 Å². The Morgan fingerprint density at radius 3 is 2.77 bits per heavy atom. The molecule has 1 amide bonds. The summed E-state index contributed by atoms with van der Waals surface area (Å²) in [5, 5.41) is 2.85. The SMILES string of the molecule is CC(C)(C)OC(=O)NCCCCN(Cc1ccccn1)C1CCCc2cccnc21. The van der Waals surface area contributed by atoms with Crippen LogP contribution in [0.5, 0.6) is 0 Å². The van der Waals surface area contributed by atoms with Crippen LogP contribution in [0.4, 0.5) is 4.79 Å². The fourth-order valence-electron chi connectivity index (χ4n) is 3.93. The predicted octanol–water partition coefficient (Wildman–Crippen LogP) is 4.66. The minimum absolute atomic E-state index is 0.316. The number of ether oxygens (including phenoxy) is 1. The summed E-state index contributed by atoms with van der Waals surface area (Å²) in [6.07, 6.45) is 8.71. The lowest BCUT2D eigenvalue weighted by Crippen LogP contribution is -2.34. The van der Waals surface area contributed by atoms with Crippen LogP contribution < -0.4 is 5.32 Å². The van der Waals surface area contributed by atoms with Crippen LogP contribution in [0.3, 0.4) is 0 Å². The topological polar surface area (TPSA) is 67.3 Å². The number of nitrogens with one attached hydrogen (secondary N) is 1. The maximum Gasteiger partial charge on any atom is 0.407 e. The van der Waals surface area contributed by atoms with Crippen LogP contribution in [0, 0.1) is 0 Å². The molecule has 1 aliphatic carbocycles. The van der Waals surface area contributed by atoms with Gasteiger partial charge in [0, 0.05) is 25.5 Å². The number of carbonyl (C=O) groups excluding carboxylic acids is 1. The molecule has 0 aromatic carbocycles. The number of pyridine rings is 2. The van der Waals surface area contributed by atoms with Gasteiger partial charge in [-0.1, -0.05) is 12.1 Å². The molecule has 1 atom stereocenters. The van der Waals surface area contributed by atoms with E-state index in [1.165, 1.54) is 17.7 Å². The first kappa shape index (κ1) is 22.2. The predicted molar refractivity (Wildman–Crippen MR) is 118 cm³/mol. The minimum atomic E-state index is -0.467. The number of aryl methyl sites for hydroxylation is 1. The van der Waals surface area contributed by atoms with Crippen molar-refractivity contribution < 1.29 is 9.53 Å². The second kappa shape index (κ2) is 10.5. The summed E-state index contributed by atoms with van der Waals surface area (Å²) in [6, 6.07) is 10.6. The average Bonchev–Trinajstić information content (AvgIpc) is 2.72. The molecule has 1 unspecified atom stereocenters. The number of hydrogen-bond donors (Lipinski definition) is 1. The molecule has 6 heteroatoms. The van der Waals surface area contributed by atoms with Gasteiger partial charge in [0.1, 0.15) is 5.60 Å². The maximum absolute atomic E-state index is 11.8. The monoisotopic (exact) mass is 410 g/mol. The zero-order valence-corrected chi connectivity index (χ0v) is 18.4. The quantitative estimate of drug-likeness (QED) is 0.641. The van der Waals surface area contributed by atoms with Crippen molar-refractivity contribution in [3.63, 3.8) is 0 Å². The number of aromatic nitrogens is 2. The van der Waals surface area contributed by atoms with Crippen molar-refractivity contribution in [3.8, 4) is 0 Å². The fourth-order valence-corrected chi connectivity index (χ4v) is 3.93. The molecule has 1 N–H and O–H groups in total. The Kier molecular flexibility index (Phi) is 7.80. The smallest absolute Gasteiger partial charge is 0.407 e. The van der Waals surface area contributed by atoms with Crippen molar-refractivity contribution in [2.24, 2.45) is 0 Å². The Hall–Kier alpha value is -2.47. The maximum atomic E-state index is 11.8. The Labute approximate surface area is 180 Å². The van der Waals surface area contributed by atoms with E-state index in [1.807, 2.05) is 51.4 Å². The number of rotatable bonds is 8. The highest BCUT2D eigenvalue weighted by molar-refractivity contribution is 5.67. The van der Waals surface area contributed by atoms with Crippen molar-refractivity contribution in [2.45, 2.75) is 71.1 Å². The summed E-state index contributed by atoms with van der Waals surface area (Å²) in [4.78, 5) is 23.6. The van der Waals surface area contributed by atoms with Crippen molar-refractivity contribution in [1.82, 2.24) is 20.2 Å². The minimum Gasteiger partial charge on any atom is -0.444 e. The number of fused-ring (bicyclic) bond motifs is 1. The first-order valence-corrected chi connectivity index (χ1v) is 11.0. The third-order valence-electron chi connectivity index (χ3n) is 5.24. The normalized spacial score (nSPS) is 16.2. The van der Waals surface area contributed by atoms with Crippen LogP contribution in [0.15, 0.2) is 42.7 Å². The average molecular weight is 411 g/mol. The molecular formula is C24H34N4O2. The molecule has 1 aliphatic rings. The van der Waals surface area contributed by atoms with Crippen molar-refractivity contribution in [3.05, 3.63) is 59.7 Å². The highest BCUT2D eigenvalue weighted by Crippen LogP contribution is 2.33. The molecule has 2 aromatic rings. The molecule has 30 heavy (non-hydrogen) atoms. The molecule has 2 aromatic heterocycles. The van der Waals surface area contributed by atoms with Crippen molar-refractivity contribution >= 4 is 6.09 Å². The van der Waals surface area contributed by atoms with Gasteiger partial charge in [-0.2, -0.15) is 0 Å².